The summed E-state index contributed by atoms with van der Waals surface area (Å²) in [6, 6.07) is 9.47. The topological polar surface area (TPSA) is 67.9 Å². The molecule has 0 radical (unpaired) electrons. The van der Waals surface area contributed by atoms with Crippen LogP contribution < -0.4 is 5.32 Å². The molecule has 0 saturated carbocycles. The fraction of sp³-hybridized carbons (Fsp3) is 0.529. The van der Waals surface area contributed by atoms with Gasteiger partial charge in [0.1, 0.15) is 12.2 Å². The molecule has 0 aromatic heterocycles. The van der Waals surface area contributed by atoms with E-state index in [-0.39, 0.29) is 11.9 Å². The third kappa shape index (κ3) is 5.90. The van der Waals surface area contributed by atoms with Gasteiger partial charge in [0.15, 0.2) is 0 Å². The van der Waals surface area contributed by atoms with Crippen molar-refractivity contribution in [2.24, 2.45) is 0 Å². The number of amides is 2. The summed E-state index contributed by atoms with van der Waals surface area (Å²) < 4.78 is 5.24. The van der Waals surface area contributed by atoms with E-state index >= 15 is 0 Å². The van der Waals surface area contributed by atoms with Gasteiger partial charge in [-0.2, -0.15) is 0 Å². The number of hydrogen-bond donors (Lipinski definition) is 1. The van der Waals surface area contributed by atoms with E-state index in [4.69, 9.17) is 9.57 Å². The Hall–Kier alpha value is -2.08. The molecule has 126 valence electrons. The van der Waals surface area contributed by atoms with Gasteiger partial charge in [-0.1, -0.05) is 30.3 Å². The van der Waals surface area contributed by atoms with Crippen molar-refractivity contribution >= 4 is 12.0 Å². The molecule has 1 heterocycles. The fourth-order valence-electron chi connectivity index (χ4n) is 2.26. The van der Waals surface area contributed by atoms with Crippen molar-refractivity contribution in [2.75, 3.05) is 6.54 Å². The molecule has 2 rings (SSSR count). The zero-order valence-electron chi connectivity index (χ0n) is 13.9. The van der Waals surface area contributed by atoms with Gasteiger partial charge in [-0.05, 0) is 32.8 Å². The zero-order chi connectivity index (χ0) is 16.9. The lowest BCUT2D eigenvalue weighted by Gasteiger charge is -2.32. The first-order valence-electron chi connectivity index (χ1n) is 7.80. The largest absolute Gasteiger partial charge is 0.444 e. The number of carbonyl (C=O) groups is 2. The first-order valence-corrected chi connectivity index (χ1v) is 7.80. The van der Waals surface area contributed by atoms with Crippen LogP contribution in [0.5, 0.6) is 0 Å². The molecule has 1 saturated heterocycles. The van der Waals surface area contributed by atoms with Crippen molar-refractivity contribution in [3.8, 4) is 0 Å². The number of nitrogens with one attached hydrogen (secondary N) is 1. The lowest BCUT2D eigenvalue weighted by atomic mass is 10.1. The van der Waals surface area contributed by atoms with E-state index in [1.165, 1.54) is 5.06 Å². The maximum atomic E-state index is 11.9. The van der Waals surface area contributed by atoms with Crippen molar-refractivity contribution in [1.82, 2.24) is 10.4 Å². The number of rotatable bonds is 4. The standard InChI is InChI=1S/C17H24N2O4/c1-17(2,3)23-16(21)18-14-9-10-15(20)19(11-14)22-12-13-7-5-4-6-8-13/h4-8,14H,9-12H2,1-3H3,(H,18,21). The minimum absolute atomic E-state index is 0.0665. The highest BCUT2D eigenvalue weighted by Gasteiger charge is 2.29. The van der Waals surface area contributed by atoms with E-state index in [0.29, 0.717) is 26.0 Å². The highest BCUT2D eigenvalue weighted by molar-refractivity contribution is 5.76. The van der Waals surface area contributed by atoms with Gasteiger partial charge in [-0.3, -0.25) is 9.63 Å². The van der Waals surface area contributed by atoms with Gasteiger partial charge in [0.2, 0.25) is 5.91 Å². The Morgan fingerprint density at radius 1 is 1.30 bits per heavy atom. The predicted octanol–water partition coefficient (Wildman–Crippen LogP) is 2.63. The fourth-order valence-corrected chi connectivity index (χ4v) is 2.26. The molecule has 1 N–H and O–H groups in total. The van der Waals surface area contributed by atoms with Crippen LogP contribution in [0.3, 0.4) is 0 Å². The number of ether oxygens (including phenoxy) is 1. The summed E-state index contributed by atoms with van der Waals surface area (Å²) in [5.74, 6) is -0.0665. The molecule has 0 aliphatic carbocycles. The molecule has 1 atom stereocenters. The Kier molecular flexibility index (Phi) is 5.60. The molecule has 1 aromatic rings. The molecule has 23 heavy (non-hydrogen) atoms. The molecule has 2 amide bonds. The van der Waals surface area contributed by atoms with Crippen molar-refractivity contribution in [3.05, 3.63) is 35.9 Å². The molecule has 6 heteroatoms. The van der Waals surface area contributed by atoms with Crippen molar-refractivity contribution in [2.45, 2.75) is 51.9 Å². The first kappa shape index (κ1) is 17.3. The predicted molar refractivity (Wildman–Crippen MR) is 85.3 cm³/mol. The third-order valence-electron chi connectivity index (χ3n) is 3.32. The van der Waals surface area contributed by atoms with Crippen LogP contribution in [0.15, 0.2) is 30.3 Å². The average Bonchev–Trinajstić information content (AvgIpc) is 2.47. The van der Waals surface area contributed by atoms with Crippen LogP contribution in [-0.4, -0.2) is 35.3 Å². The first-order chi connectivity index (χ1) is 10.8. The lowest BCUT2D eigenvalue weighted by molar-refractivity contribution is -0.198. The number of hydrogen-bond acceptors (Lipinski definition) is 4. The van der Waals surface area contributed by atoms with E-state index in [9.17, 15) is 9.59 Å². The minimum atomic E-state index is -0.544. The molecule has 0 spiro atoms. The lowest BCUT2D eigenvalue weighted by Crippen LogP contribution is -2.50. The van der Waals surface area contributed by atoms with Crippen LogP contribution in [0.2, 0.25) is 0 Å². The normalized spacial score (nSPS) is 18.7. The van der Waals surface area contributed by atoms with Gasteiger partial charge in [0.05, 0.1) is 12.6 Å². The van der Waals surface area contributed by atoms with Crippen LogP contribution in [0.1, 0.15) is 39.2 Å². The van der Waals surface area contributed by atoms with E-state index < -0.39 is 11.7 Å². The second kappa shape index (κ2) is 7.46. The summed E-state index contributed by atoms with van der Waals surface area (Å²) in [5.41, 5.74) is 0.445. The molecule has 1 aliphatic rings. The SMILES string of the molecule is CC(C)(C)OC(=O)NC1CCC(=O)N(OCc2ccccc2)C1. The summed E-state index contributed by atoms with van der Waals surface area (Å²) in [5, 5.41) is 4.12. The van der Waals surface area contributed by atoms with E-state index in [2.05, 4.69) is 5.32 Å². The van der Waals surface area contributed by atoms with E-state index in [0.717, 1.165) is 5.56 Å². The average molecular weight is 320 g/mol. The second-order valence-corrected chi connectivity index (χ2v) is 6.60. The zero-order valence-corrected chi connectivity index (χ0v) is 13.9. The number of nitrogens with zero attached hydrogens (tertiary/aromatic N) is 1. The van der Waals surface area contributed by atoms with Crippen LogP contribution >= 0.6 is 0 Å². The van der Waals surface area contributed by atoms with Crippen molar-refractivity contribution in [3.63, 3.8) is 0 Å². The third-order valence-corrected chi connectivity index (χ3v) is 3.32. The maximum Gasteiger partial charge on any atom is 0.407 e. The summed E-state index contributed by atoms with van der Waals surface area (Å²) in [7, 11) is 0. The molecule has 6 nitrogen and oxygen atoms in total. The second-order valence-electron chi connectivity index (χ2n) is 6.60. The van der Waals surface area contributed by atoms with Gasteiger partial charge in [-0.25, -0.2) is 9.86 Å². The Morgan fingerprint density at radius 3 is 2.65 bits per heavy atom. The highest BCUT2D eigenvalue weighted by atomic mass is 16.7. The molecule has 1 fully saturated rings. The molecule has 1 aromatic carbocycles. The van der Waals surface area contributed by atoms with Gasteiger partial charge in [-0.15, -0.1) is 0 Å². The van der Waals surface area contributed by atoms with Gasteiger partial charge >= 0.3 is 6.09 Å². The van der Waals surface area contributed by atoms with Crippen molar-refractivity contribution in [1.29, 1.82) is 0 Å². The smallest absolute Gasteiger partial charge is 0.407 e. The maximum absolute atomic E-state index is 11.9. The van der Waals surface area contributed by atoms with Gasteiger partial charge in [0, 0.05) is 6.42 Å². The molecular formula is C17H24N2O4. The Balaban J connectivity index is 1.84. The van der Waals surface area contributed by atoms with Crippen molar-refractivity contribution < 1.29 is 19.2 Å². The number of carbonyl (C=O) groups excluding carboxylic acids is 2. The minimum Gasteiger partial charge on any atom is -0.444 e. The number of benzene rings is 1. The highest BCUT2D eigenvalue weighted by Crippen LogP contribution is 2.15. The summed E-state index contributed by atoms with van der Waals surface area (Å²) >= 11 is 0. The van der Waals surface area contributed by atoms with Crippen LogP contribution in [0.25, 0.3) is 0 Å². The van der Waals surface area contributed by atoms with E-state index in [1.54, 1.807) is 0 Å². The Labute approximate surface area is 136 Å². The Morgan fingerprint density at radius 2 is 2.00 bits per heavy atom. The molecule has 1 aliphatic heterocycles. The quantitative estimate of drug-likeness (QED) is 0.926. The summed E-state index contributed by atoms with van der Waals surface area (Å²) in [6.07, 6.45) is 0.457. The molecule has 0 bridgehead atoms. The number of alkyl carbamates (subject to hydrolysis) is 1. The number of piperidine rings is 1. The molecule has 1 unspecified atom stereocenters. The Bertz CT molecular complexity index is 539. The van der Waals surface area contributed by atoms with Gasteiger partial charge in [0.25, 0.3) is 0 Å². The van der Waals surface area contributed by atoms with Crippen LogP contribution in [-0.2, 0) is 21.0 Å². The van der Waals surface area contributed by atoms with Crippen LogP contribution in [0, 0.1) is 0 Å². The molecular weight excluding hydrogens is 296 g/mol. The number of hydroxylamine groups is 2. The van der Waals surface area contributed by atoms with E-state index in [1.807, 2.05) is 51.1 Å². The van der Waals surface area contributed by atoms with Crippen LogP contribution in [0.4, 0.5) is 4.79 Å². The summed E-state index contributed by atoms with van der Waals surface area (Å²) in [6.45, 7) is 6.08. The monoisotopic (exact) mass is 320 g/mol. The summed E-state index contributed by atoms with van der Waals surface area (Å²) in [4.78, 5) is 29.3. The van der Waals surface area contributed by atoms with Gasteiger partial charge < -0.3 is 10.1 Å².